The number of carbonyl (C=O) groups is 1. The Morgan fingerprint density at radius 3 is 2.44 bits per heavy atom. The van der Waals surface area contributed by atoms with Crippen molar-refractivity contribution in [1.29, 1.82) is 0 Å². The van der Waals surface area contributed by atoms with Gasteiger partial charge in [0.1, 0.15) is 5.69 Å². The van der Waals surface area contributed by atoms with E-state index in [0.717, 1.165) is 27.7 Å². The first-order chi connectivity index (χ1) is 15.1. The average molecular weight is 523 g/mol. The zero-order valence-corrected chi connectivity index (χ0v) is 20.7. The van der Waals surface area contributed by atoms with Gasteiger partial charge in [-0.15, -0.1) is 0 Å². The number of ether oxygens (including phenoxy) is 2. The van der Waals surface area contributed by atoms with E-state index in [2.05, 4.69) is 26.0 Å². The van der Waals surface area contributed by atoms with Crippen LogP contribution in [0.5, 0.6) is 11.8 Å². The van der Waals surface area contributed by atoms with Crippen LogP contribution in [0.2, 0.25) is 0 Å². The number of halogens is 1. The monoisotopic (exact) mass is 522 g/mol. The Morgan fingerprint density at radius 1 is 1.16 bits per heavy atom. The Labute approximate surface area is 195 Å². The topological polar surface area (TPSA) is 104 Å². The first-order valence-electron chi connectivity index (χ1n) is 9.49. The van der Waals surface area contributed by atoms with Crippen LogP contribution in [-0.2, 0) is 16.6 Å². The molecule has 1 amide bonds. The maximum Gasteiger partial charge on any atom is 0.272 e. The molecule has 0 fully saturated rings. The summed E-state index contributed by atoms with van der Waals surface area (Å²) in [5, 5.41) is 4.48. The van der Waals surface area contributed by atoms with E-state index in [1.54, 1.807) is 18.2 Å². The maximum atomic E-state index is 13.3. The number of rotatable bonds is 7. The largest absolute Gasteiger partial charge is 0.481 e. The minimum absolute atomic E-state index is 0.00585. The number of carbonyl (C=O) groups excluding carboxylic acids is 1. The molecule has 0 aliphatic carbocycles. The van der Waals surface area contributed by atoms with Gasteiger partial charge in [0.25, 0.3) is 5.91 Å². The van der Waals surface area contributed by atoms with Gasteiger partial charge in [0.2, 0.25) is 21.8 Å². The molecule has 0 spiro atoms. The Hall–Kier alpha value is -2.92. The Balaban J connectivity index is 2.02. The highest BCUT2D eigenvalue weighted by Crippen LogP contribution is 2.32. The molecular formula is C21H23BrN4O5S. The third-order valence-corrected chi connectivity index (χ3v) is 6.92. The van der Waals surface area contributed by atoms with E-state index in [9.17, 15) is 13.2 Å². The van der Waals surface area contributed by atoms with Crippen LogP contribution >= 0.6 is 15.9 Å². The second-order valence-corrected chi connectivity index (χ2v) is 9.68. The van der Waals surface area contributed by atoms with Crippen molar-refractivity contribution in [2.45, 2.75) is 20.4 Å². The molecule has 32 heavy (non-hydrogen) atoms. The zero-order chi connectivity index (χ0) is 23.6. The molecule has 0 saturated heterocycles. The van der Waals surface area contributed by atoms with Crippen LogP contribution in [0.4, 0.5) is 5.69 Å². The molecule has 1 aromatic carbocycles. The number of hydrogen-bond donors (Lipinski definition) is 0. The van der Waals surface area contributed by atoms with E-state index in [-0.39, 0.29) is 23.0 Å². The number of pyridine rings is 1. The molecule has 0 atom stereocenters. The van der Waals surface area contributed by atoms with Crippen LogP contribution in [0.15, 0.2) is 40.9 Å². The SMILES string of the molecule is COc1ccc(N(C(=O)c2cccc(Cn3nc(C)c(Br)c3C)c2)S(C)(=O)=O)c(OC)n1. The normalized spacial score (nSPS) is 11.3. The van der Waals surface area contributed by atoms with Gasteiger partial charge in [-0.1, -0.05) is 12.1 Å². The predicted octanol–water partition coefficient (Wildman–Crippen LogP) is 3.33. The van der Waals surface area contributed by atoms with Crippen LogP contribution in [0, 0.1) is 13.8 Å². The van der Waals surface area contributed by atoms with Crippen molar-refractivity contribution in [3.05, 3.63) is 63.4 Å². The molecule has 170 valence electrons. The lowest BCUT2D eigenvalue weighted by Gasteiger charge is -2.22. The number of anilines is 1. The van der Waals surface area contributed by atoms with Gasteiger partial charge in [-0.3, -0.25) is 9.48 Å². The van der Waals surface area contributed by atoms with Gasteiger partial charge in [-0.25, -0.2) is 8.42 Å². The van der Waals surface area contributed by atoms with Gasteiger partial charge in [-0.2, -0.15) is 14.4 Å². The van der Waals surface area contributed by atoms with E-state index in [4.69, 9.17) is 9.47 Å². The summed E-state index contributed by atoms with van der Waals surface area (Å²) in [6.07, 6.45) is 0.950. The summed E-state index contributed by atoms with van der Waals surface area (Å²) in [6, 6.07) is 9.63. The molecule has 0 N–H and O–H groups in total. The molecule has 11 heteroatoms. The van der Waals surface area contributed by atoms with Crippen molar-refractivity contribution >= 4 is 37.5 Å². The molecule has 0 aliphatic heterocycles. The van der Waals surface area contributed by atoms with Crippen molar-refractivity contribution in [1.82, 2.24) is 14.8 Å². The minimum Gasteiger partial charge on any atom is -0.481 e. The summed E-state index contributed by atoms with van der Waals surface area (Å²) < 4.78 is 38.9. The molecule has 9 nitrogen and oxygen atoms in total. The number of benzene rings is 1. The van der Waals surface area contributed by atoms with Crippen molar-refractivity contribution in [3.8, 4) is 11.8 Å². The average Bonchev–Trinajstić information content (AvgIpc) is 2.99. The third-order valence-electron chi connectivity index (χ3n) is 4.75. The molecular weight excluding hydrogens is 500 g/mol. The summed E-state index contributed by atoms with van der Waals surface area (Å²) in [5.41, 5.74) is 2.80. The number of sulfonamides is 1. The first-order valence-corrected chi connectivity index (χ1v) is 12.1. The molecule has 0 bridgehead atoms. The van der Waals surface area contributed by atoms with Gasteiger partial charge in [-0.05, 0) is 53.5 Å². The van der Waals surface area contributed by atoms with E-state index in [0.29, 0.717) is 10.8 Å². The quantitative estimate of drug-likeness (QED) is 0.468. The van der Waals surface area contributed by atoms with Gasteiger partial charge in [0, 0.05) is 11.6 Å². The lowest BCUT2D eigenvalue weighted by atomic mass is 10.1. The highest BCUT2D eigenvalue weighted by atomic mass is 79.9. The van der Waals surface area contributed by atoms with E-state index < -0.39 is 15.9 Å². The van der Waals surface area contributed by atoms with Crippen molar-refractivity contribution in [2.75, 3.05) is 24.8 Å². The maximum absolute atomic E-state index is 13.3. The summed E-state index contributed by atoms with van der Waals surface area (Å²) in [7, 11) is -1.24. The second-order valence-electron chi connectivity index (χ2n) is 7.06. The first kappa shape index (κ1) is 23.7. The number of hydrogen-bond acceptors (Lipinski definition) is 7. The minimum atomic E-state index is -4.00. The number of nitrogens with zero attached hydrogens (tertiary/aromatic N) is 4. The zero-order valence-electron chi connectivity index (χ0n) is 18.3. The fraction of sp³-hybridized carbons (Fsp3) is 0.286. The highest BCUT2D eigenvalue weighted by molar-refractivity contribution is 9.10. The predicted molar refractivity (Wildman–Crippen MR) is 124 cm³/mol. The molecule has 2 aromatic heterocycles. The lowest BCUT2D eigenvalue weighted by Crippen LogP contribution is -2.36. The van der Waals surface area contributed by atoms with E-state index in [1.165, 1.54) is 26.4 Å². The second kappa shape index (κ2) is 9.29. The van der Waals surface area contributed by atoms with Crippen LogP contribution in [0.1, 0.15) is 27.3 Å². The summed E-state index contributed by atoms with van der Waals surface area (Å²) >= 11 is 3.50. The fourth-order valence-electron chi connectivity index (χ4n) is 3.20. The molecule has 3 aromatic rings. The Morgan fingerprint density at radius 2 is 1.88 bits per heavy atom. The number of amides is 1. The third kappa shape index (κ3) is 4.78. The van der Waals surface area contributed by atoms with E-state index in [1.807, 2.05) is 24.6 Å². The smallest absolute Gasteiger partial charge is 0.272 e. The van der Waals surface area contributed by atoms with Gasteiger partial charge >= 0.3 is 0 Å². The number of aromatic nitrogens is 3. The van der Waals surface area contributed by atoms with Crippen molar-refractivity contribution < 1.29 is 22.7 Å². The standard InChI is InChI=1S/C21H23BrN4O5S/c1-13-19(22)14(2)25(24-13)12-15-7-6-8-16(11-15)21(27)26(32(5,28)29)17-9-10-18(30-3)23-20(17)31-4/h6-11H,12H2,1-5H3. The summed E-state index contributed by atoms with van der Waals surface area (Å²) in [4.78, 5) is 17.4. The molecule has 0 aliphatic rings. The fourth-order valence-corrected chi connectivity index (χ4v) is 4.38. The van der Waals surface area contributed by atoms with Gasteiger partial charge in [0.15, 0.2) is 0 Å². The molecule has 0 saturated carbocycles. The molecule has 2 heterocycles. The molecule has 0 unspecified atom stereocenters. The summed E-state index contributed by atoms with van der Waals surface area (Å²) in [5.74, 6) is -0.550. The summed E-state index contributed by atoms with van der Waals surface area (Å²) in [6.45, 7) is 4.26. The van der Waals surface area contributed by atoms with Gasteiger partial charge in [0.05, 0.1) is 42.9 Å². The van der Waals surface area contributed by atoms with E-state index >= 15 is 0 Å². The molecule has 3 rings (SSSR count). The number of aryl methyl sites for hydroxylation is 1. The van der Waals surface area contributed by atoms with Crippen molar-refractivity contribution in [3.63, 3.8) is 0 Å². The Bertz CT molecular complexity index is 1270. The number of methoxy groups -OCH3 is 2. The van der Waals surface area contributed by atoms with Crippen molar-refractivity contribution in [2.24, 2.45) is 0 Å². The van der Waals surface area contributed by atoms with Crippen LogP contribution < -0.4 is 13.8 Å². The Kier molecular flexibility index (Phi) is 6.89. The molecule has 0 radical (unpaired) electrons. The van der Waals surface area contributed by atoms with Crippen LogP contribution in [0.3, 0.4) is 0 Å². The highest BCUT2D eigenvalue weighted by Gasteiger charge is 2.30. The van der Waals surface area contributed by atoms with Crippen LogP contribution in [-0.4, -0.2) is 49.6 Å². The van der Waals surface area contributed by atoms with Gasteiger partial charge < -0.3 is 9.47 Å². The van der Waals surface area contributed by atoms with Crippen LogP contribution in [0.25, 0.3) is 0 Å². The lowest BCUT2D eigenvalue weighted by molar-refractivity contribution is 0.100.